The highest BCUT2D eigenvalue weighted by Crippen LogP contribution is 2.28. The van der Waals surface area contributed by atoms with Crippen LogP contribution in [-0.2, 0) is 14.3 Å². The van der Waals surface area contributed by atoms with Crippen LogP contribution in [0.2, 0.25) is 0 Å². The Bertz CT molecular complexity index is 648. The molecule has 1 aromatic rings. The summed E-state index contributed by atoms with van der Waals surface area (Å²) in [5, 5.41) is 8.66. The lowest BCUT2D eigenvalue weighted by molar-refractivity contribution is -0.139. The topological polar surface area (TPSA) is 82.1 Å². The first-order chi connectivity index (χ1) is 12.4. The fourth-order valence-electron chi connectivity index (χ4n) is 2.10. The highest BCUT2D eigenvalue weighted by Gasteiger charge is 2.05. The van der Waals surface area contributed by atoms with Crippen LogP contribution in [0.4, 0.5) is 0 Å². The Morgan fingerprint density at radius 2 is 1.81 bits per heavy atom. The number of unbranched alkanes of at least 4 members (excludes halogenated alkanes) is 3. The first kappa shape index (κ1) is 21.3. The number of esters is 1. The van der Waals surface area contributed by atoms with Gasteiger partial charge in [0.15, 0.2) is 11.5 Å². The van der Waals surface area contributed by atoms with E-state index in [0.29, 0.717) is 30.3 Å². The molecule has 0 aliphatic heterocycles. The first-order valence-electron chi connectivity index (χ1n) is 8.48. The molecule has 1 N–H and O–H groups in total. The van der Waals surface area contributed by atoms with E-state index in [4.69, 9.17) is 19.3 Å². The lowest BCUT2D eigenvalue weighted by Crippen LogP contribution is -2.06. The molecule has 1 rings (SSSR count). The molecule has 0 heterocycles. The average Bonchev–Trinajstić information content (AvgIpc) is 2.62. The van der Waals surface area contributed by atoms with Crippen LogP contribution >= 0.6 is 0 Å². The summed E-state index contributed by atoms with van der Waals surface area (Å²) >= 11 is 0. The minimum Gasteiger partial charge on any atom is -0.493 e. The number of carboxylic acids is 1. The van der Waals surface area contributed by atoms with E-state index < -0.39 is 5.97 Å². The molecule has 0 fully saturated rings. The van der Waals surface area contributed by atoms with Gasteiger partial charge in [-0.1, -0.05) is 12.6 Å². The molecule has 0 aliphatic rings. The fraction of sp³-hybridized carbons (Fsp3) is 0.400. The van der Waals surface area contributed by atoms with Crippen LogP contribution in [0, 0.1) is 0 Å². The van der Waals surface area contributed by atoms with Crippen LogP contribution in [-0.4, -0.2) is 37.4 Å². The number of carbonyl (C=O) groups is 2. The molecule has 6 heteroatoms. The van der Waals surface area contributed by atoms with E-state index in [1.165, 1.54) is 6.08 Å². The zero-order chi connectivity index (χ0) is 19.4. The standard InChI is InChI=1S/C20H26O6/c1-15(2)20(23)26-13-7-5-4-6-12-25-17-10-8-16(9-11-19(21)22)14-18(17)24-3/h8-11,14H,1,4-7,12-13H2,2-3H3,(H,21,22)/b11-9+. The highest BCUT2D eigenvalue weighted by molar-refractivity contribution is 5.87. The fourth-order valence-corrected chi connectivity index (χ4v) is 2.10. The predicted molar refractivity (Wildman–Crippen MR) is 99.4 cm³/mol. The van der Waals surface area contributed by atoms with Crippen LogP contribution in [0.25, 0.3) is 6.08 Å². The lowest BCUT2D eigenvalue weighted by Gasteiger charge is -2.11. The van der Waals surface area contributed by atoms with E-state index in [9.17, 15) is 9.59 Å². The number of carboxylic acid groups (broad SMARTS) is 1. The van der Waals surface area contributed by atoms with E-state index in [-0.39, 0.29) is 5.97 Å². The number of methoxy groups -OCH3 is 1. The Morgan fingerprint density at radius 1 is 1.12 bits per heavy atom. The van der Waals surface area contributed by atoms with Gasteiger partial charge in [0.05, 0.1) is 20.3 Å². The second-order valence-electron chi connectivity index (χ2n) is 5.76. The molecule has 0 bridgehead atoms. The Balaban J connectivity index is 2.29. The molecule has 0 saturated heterocycles. The van der Waals surface area contributed by atoms with E-state index in [1.807, 2.05) is 0 Å². The Morgan fingerprint density at radius 3 is 2.42 bits per heavy atom. The van der Waals surface area contributed by atoms with Gasteiger partial charge < -0.3 is 19.3 Å². The summed E-state index contributed by atoms with van der Waals surface area (Å²) in [7, 11) is 1.54. The SMILES string of the molecule is C=C(C)C(=O)OCCCCCCOc1ccc(/C=C/C(=O)O)cc1OC. The van der Waals surface area contributed by atoms with Gasteiger partial charge in [-0.05, 0) is 56.4 Å². The average molecular weight is 362 g/mol. The Kier molecular flexibility index (Phi) is 9.61. The summed E-state index contributed by atoms with van der Waals surface area (Å²) in [6, 6.07) is 5.26. The van der Waals surface area contributed by atoms with Crippen molar-refractivity contribution in [3.8, 4) is 11.5 Å². The molecule has 0 atom stereocenters. The molecular formula is C20H26O6. The largest absolute Gasteiger partial charge is 0.493 e. The molecule has 6 nitrogen and oxygen atoms in total. The first-order valence-corrected chi connectivity index (χ1v) is 8.48. The van der Waals surface area contributed by atoms with Crippen molar-refractivity contribution in [2.24, 2.45) is 0 Å². The molecule has 0 aromatic heterocycles. The van der Waals surface area contributed by atoms with Gasteiger partial charge >= 0.3 is 11.9 Å². The van der Waals surface area contributed by atoms with E-state index >= 15 is 0 Å². The minimum absolute atomic E-state index is 0.345. The van der Waals surface area contributed by atoms with Crippen LogP contribution in [0.1, 0.15) is 38.2 Å². The molecular weight excluding hydrogens is 336 g/mol. The second-order valence-corrected chi connectivity index (χ2v) is 5.76. The lowest BCUT2D eigenvalue weighted by atomic mass is 10.2. The maximum absolute atomic E-state index is 11.2. The number of benzene rings is 1. The normalized spacial score (nSPS) is 10.5. The smallest absolute Gasteiger partial charge is 0.333 e. The van der Waals surface area contributed by atoms with Crippen molar-refractivity contribution in [1.29, 1.82) is 0 Å². The van der Waals surface area contributed by atoms with E-state index in [2.05, 4.69) is 6.58 Å². The van der Waals surface area contributed by atoms with Gasteiger partial charge in [0, 0.05) is 11.6 Å². The van der Waals surface area contributed by atoms with Crippen molar-refractivity contribution in [2.75, 3.05) is 20.3 Å². The Labute approximate surface area is 154 Å². The molecule has 1 aromatic carbocycles. The number of ether oxygens (including phenoxy) is 3. The molecule has 0 radical (unpaired) electrons. The zero-order valence-electron chi connectivity index (χ0n) is 15.3. The number of rotatable bonds is 12. The molecule has 0 unspecified atom stereocenters. The quantitative estimate of drug-likeness (QED) is 0.345. The summed E-state index contributed by atoms with van der Waals surface area (Å²) in [5.74, 6) is -0.166. The molecule has 0 saturated carbocycles. The summed E-state index contributed by atoms with van der Waals surface area (Å²) in [5.41, 5.74) is 1.14. The zero-order valence-corrected chi connectivity index (χ0v) is 15.3. The number of carbonyl (C=O) groups excluding carboxylic acids is 1. The summed E-state index contributed by atoms with van der Waals surface area (Å²) in [4.78, 5) is 21.8. The van der Waals surface area contributed by atoms with Crippen molar-refractivity contribution in [3.63, 3.8) is 0 Å². The van der Waals surface area contributed by atoms with Crippen molar-refractivity contribution in [2.45, 2.75) is 32.6 Å². The van der Waals surface area contributed by atoms with Gasteiger partial charge in [0.2, 0.25) is 0 Å². The summed E-state index contributed by atoms with van der Waals surface area (Å²) in [6.07, 6.45) is 6.17. The maximum Gasteiger partial charge on any atom is 0.333 e. The maximum atomic E-state index is 11.2. The second kappa shape index (κ2) is 11.7. The van der Waals surface area contributed by atoms with Crippen molar-refractivity contribution < 1.29 is 28.9 Å². The summed E-state index contributed by atoms with van der Waals surface area (Å²) < 4.78 is 16.0. The third-order valence-corrected chi connectivity index (χ3v) is 3.48. The molecule has 0 aliphatic carbocycles. The molecule has 0 spiro atoms. The number of hydrogen-bond donors (Lipinski definition) is 1. The molecule has 0 amide bonds. The van der Waals surface area contributed by atoms with Gasteiger partial charge in [-0.3, -0.25) is 0 Å². The van der Waals surface area contributed by atoms with E-state index in [0.717, 1.165) is 37.3 Å². The third-order valence-electron chi connectivity index (χ3n) is 3.48. The minimum atomic E-state index is -1.00. The third kappa shape index (κ3) is 8.37. The van der Waals surface area contributed by atoms with Gasteiger partial charge in [-0.2, -0.15) is 0 Å². The van der Waals surface area contributed by atoms with Crippen LogP contribution < -0.4 is 9.47 Å². The van der Waals surface area contributed by atoms with Crippen molar-refractivity contribution >= 4 is 18.0 Å². The van der Waals surface area contributed by atoms with Gasteiger partial charge in [-0.15, -0.1) is 0 Å². The van der Waals surface area contributed by atoms with Gasteiger partial charge in [0.25, 0.3) is 0 Å². The van der Waals surface area contributed by atoms with E-state index in [1.54, 1.807) is 32.2 Å². The van der Waals surface area contributed by atoms with Crippen molar-refractivity contribution in [1.82, 2.24) is 0 Å². The number of hydrogen-bond acceptors (Lipinski definition) is 5. The van der Waals surface area contributed by atoms with Crippen LogP contribution in [0.15, 0.2) is 36.4 Å². The van der Waals surface area contributed by atoms with Crippen LogP contribution in [0.5, 0.6) is 11.5 Å². The van der Waals surface area contributed by atoms with Gasteiger partial charge in [0.1, 0.15) is 0 Å². The molecule has 142 valence electrons. The monoisotopic (exact) mass is 362 g/mol. The molecule has 26 heavy (non-hydrogen) atoms. The highest BCUT2D eigenvalue weighted by atomic mass is 16.5. The van der Waals surface area contributed by atoms with Crippen LogP contribution in [0.3, 0.4) is 0 Å². The van der Waals surface area contributed by atoms with Gasteiger partial charge in [-0.25, -0.2) is 9.59 Å². The number of aliphatic carboxylic acids is 1. The summed E-state index contributed by atoms with van der Waals surface area (Å²) in [6.45, 7) is 6.11. The van der Waals surface area contributed by atoms with Crippen molar-refractivity contribution in [3.05, 3.63) is 42.0 Å². The Hall–Kier alpha value is -2.76. The predicted octanol–water partition coefficient (Wildman–Crippen LogP) is 3.85.